The van der Waals surface area contributed by atoms with Crippen LogP contribution in [0.15, 0.2) is 18.2 Å². The molecule has 1 atom stereocenters. The number of rotatable bonds is 9. The fourth-order valence-corrected chi connectivity index (χ4v) is 2.46. The molecule has 0 aromatic heterocycles. The minimum atomic E-state index is -3.02. The monoisotopic (exact) mass is 315 g/mol. The van der Waals surface area contributed by atoms with E-state index in [0.29, 0.717) is 12.2 Å². The van der Waals surface area contributed by atoms with Gasteiger partial charge in [0.05, 0.1) is 12.9 Å². The number of ether oxygens (including phenoxy) is 2. The van der Waals surface area contributed by atoms with Gasteiger partial charge in [-0.3, -0.25) is 0 Å². The van der Waals surface area contributed by atoms with Gasteiger partial charge < -0.3 is 15.2 Å². The quantitative estimate of drug-likeness (QED) is 0.751. The number of nitrogens with two attached hydrogens (primary N) is 1. The van der Waals surface area contributed by atoms with Crippen LogP contribution in [0.5, 0.6) is 11.5 Å². The summed E-state index contributed by atoms with van der Waals surface area (Å²) >= 11 is 0. The minimum absolute atomic E-state index is 0.0226. The smallest absolute Gasteiger partial charge is 0.153 e. The van der Waals surface area contributed by atoms with Crippen molar-refractivity contribution in [2.24, 2.45) is 5.73 Å². The zero-order valence-corrected chi connectivity index (χ0v) is 13.8. The fourth-order valence-electron chi connectivity index (χ4n) is 1.83. The van der Waals surface area contributed by atoms with Crippen molar-refractivity contribution in [3.63, 3.8) is 0 Å². The second-order valence-corrected chi connectivity index (χ2v) is 7.40. The maximum absolute atomic E-state index is 11.5. The third-order valence-corrected chi connectivity index (χ3v) is 5.03. The van der Waals surface area contributed by atoms with Gasteiger partial charge in [0.25, 0.3) is 0 Å². The van der Waals surface area contributed by atoms with E-state index in [-0.39, 0.29) is 24.2 Å². The predicted octanol–water partition coefficient (Wildman–Crippen LogP) is 1.79. The maximum Gasteiger partial charge on any atom is 0.153 e. The number of hydrogen-bond acceptors (Lipinski definition) is 5. The lowest BCUT2D eigenvalue weighted by Crippen LogP contribution is -2.22. The van der Waals surface area contributed by atoms with Gasteiger partial charge in [0.2, 0.25) is 0 Å². The molecular weight excluding hydrogens is 290 g/mol. The molecule has 0 bridgehead atoms. The van der Waals surface area contributed by atoms with E-state index in [1.165, 1.54) is 0 Å². The Labute approximate surface area is 127 Å². The van der Waals surface area contributed by atoms with Crippen LogP contribution in [0.2, 0.25) is 0 Å². The highest BCUT2D eigenvalue weighted by Crippen LogP contribution is 2.25. The molecule has 2 N–H and O–H groups in total. The Kier molecular flexibility index (Phi) is 6.98. The average molecular weight is 315 g/mol. The molecule has 0 aliphatic carbocycles. The Balaban J connectivity index is 2.80. The zero-order chi connectivity index (χ0) is 15.9. The Bertz CT molecular complexity index is 543. The molecule has 120 valence electrons. The summed E-state index contributed by atoms with van der Waals surface area (Å²) in [6.07, 6.45) is 1.53. The van der Waals surface area contributed by atoms with Crippen molar-refractivity contribution < 1.29 is 17.9 Å². The topological polar surface area (TPSA) is 78.6 Å². The van der Waals surface area contributed by atoms with Crippen molar-refractivity contribution in [3.05, 3.63) is 23.8 Å². The van der Waals surface area contributed by atoms with Crippen molar-refractivity contribution in [1.82, 2.24) is 0 Å². The van der Waals surface area contributed by atoms with Gasteiger partial charge in [-0.25, -0.2) is 8.42 Å². The van der Waals surface area contributed by atoms with Crippen LogP contribution in [0, 0.1) is 0 Å². The van der Waals surface area contributed by atoms with Crippen molar-refractivity contribution in [2.75, 3.05) is 25.2 Å². The molecule has 0 heterocycles. The largest absolute Gasteiger partial charge is 0.497 e. The first kappa shape index (κ1) is 17.8. The lowest BCUT2D eigenvalue weighted by atomic mass is 10.0. The molecule has 0 saturated heterocycles. The van der Waals surface area contributed by atoms with Gasteiger partial charge in [0.15, 0.2) is 9.84 Å². The first-order chi connectivity index (χ1) is 9.91. The van der Waals surface area contributed by atoms with Gasteiger partial charge in [0, 0.05) is 11.8 Å². The second-order valence-electron chi connectivity index (χ2n) is 4.93. The van der Waals surface area contributed by atoms with Gasteiger partial charge in [-0.05, 0) is 36.6 Å². The number of benzene rings is 1. The van der Waals surface area contributed by atoms with Crippen LogP contribution in [-0.4, -0.2) is 39.7 Å². The fraction of sp³-hybridized carbons (Fsp3) is 0.600. The van der Waals surface area contributed by atoms with Gasteiger partial charge in [0.1, 0.15) is 18.1 Å². The highest BCUT2D eigenvalue weighted by molar-refractivity contribution is 7.91. The molecule has 5 nitrogen and oxygen atoms in total. The summed E-state index contributed by atoms with van der Waals surface area (Å²) in [7, 11) is -1.41. The van der Waals surface area contributed by atoms with Crippen LogP contribution in [0.4, 0.5) is 0 Å². The first-order valence-corrected chi connectivity index (χ1v) is 8.99. The second kappa shape index (κ2) is 8.24. The summed E-state index contributed by atoms with van der Waals surface area (Å²) in [6, 6.07) is 5.53. The first-order valence-electron chi connectivity index (χ1n) is 7.17. The van der Waals surface area contributed by atoms with Gasteiger partial charge in [-0.2, -0.15) is 0 Å². The third kappa shape index (κ3) is 5.93. The molecule has 0 spiro atoms. The van der Waals surface area contributed by atoms with Gasteiger partial charge in [-0.1, -0.05) is 13.8 Å². The molecule has 0 fully saturated rings. The van der Waals surface area contributed by atoms with E-state index in [1.807, 2.05) is 13.0 Å². The normalized spacial score (nSPS) is 13.0. The SMILES string of the molecule is CCC(N)Cc1cc(OC)ccc1OCCS(=O)(=O)CC. The molecule has 0 aliphatic heterocycles. The Morgan fingerprint density at radius 1 is 1.29 bits per heavy atom. The Hall–Kier alpha value is -1.27. The predicted molar refractivity (Wildman–Crippen MR) is 84.8 cm³/mol. The molecule has 1 unspecified atom stereocenters. The van der Waals surface area contributed by atoms with Crippen molar-refractivity contribution >= 4 is 9.84 Å². The number of hydrogen-bond donors (Lipinski definition) is 1. The van der Waals surface area contributed by atoms with Crippen LogP contribution in [-0.2, 0) is 16.3 Å². The van der Waals surface area contributed by atoms with Crippen LogP contribution in [0.3, 0.4) is 0 Å². The molecule has 1 rings (SSSR count). The van der Waals surface area contributed by atoms with E-state index >= 15 is 0 Å². The van der Waals surface area contributed by atoms with Crippen LogP contribution < -0.4 is 15.2 Å². The molecule has 0 radical (unpaired) electrons. The molecule has 0 saturated carbocycles. The van der Waals surface area contributed by atoms with Crippen molar-refractivity contribution in [2.45, 2.75) is 32.7 Å². The summed E-state index contributed by atoms with van der Waals surface area (Å²) in [4.78, 5) is 0. The van der Waals surface area contributed by atoms with E-state index in [2.05, 4.69) is 0 Å². The molecule has 0 aliphatic rings. The highest BCUT2D eigenvalue weighted by atomic mass is 32.2. The standard InChI is InChI=1S/C15H25NO4S/c1-4-13(16)10-12-11-14(19-3)6-7-15(12)20-8-9-21(17,18)5-2/h6-7,11,13H,4-5,8-10,16H2,1-3H3. The van der Waals surface area contributed by atoms with E-state index in [1.54, 1.807) is 26.2 Å². The minimum Gasteiger partial charge on any atom is -0.497 e. The number of methoxy groups -OCH3 is 1. The molecule has 21 heavy (non-hydrogen) atoms. The maximum atomic E-state index is 11.5. The van der Waals surface area contributed by atoms with Crippen LogP contribution in [0.1, 0.15) is 25.8 Å². The van der Waals surface area contributed by atoms with E-state index in [9.17, 15) is 8.42 Å². The zero-order valence-electron chi connectivity index (χ0n) is 13.0. The lowest BCUT2D eigenvalue weighted by Gasteiger charge is -2.15. The Morgan fingerprint density at radius 3 is 2.57 bits per heavy atom. The van der Waals surface area contributed by atoms with E-state index in [4.69, 9.17) is 15.2 Å². The van der Waals surface area contributed by atoms with E-state index < -0.39 is 9.84 Å². The van der Waals surface area contributed by atoms with Crippen molar-refractivity contribution in [1.29, 1.82) is 0 Å². The van der Waals surface area contributed by atoms with Crippen LogP contribution in [0.25, 0.3) is 0 Å². The number of sulfone groups is 1. The van der Waals surface area contributed by atoms with Gasteiger partial charge in [-0.15, -0.1) is 0 Å². The molecule has 1 aromatic carbocycles. The van der Waals surface area contributed by atoms with E-state index in [0.717, 1.165) is 17.7 Å². The summed E-state index contributed by atoms with van der Waals surface area (Å²) in [5.41, 5.74) is 6.93. The summed E-state index contributed by atoms with van der Waals surface area (Å²) in [6.45, 7) is 3.81. The molecular formula is C15H25NO4S. The average Bonchev–Trinajstić information content (AvgIpc) is 2.48. The Morgan fingerprint density at radius 2 is 2.00 bits per heavy atom. The third-order valence-electron chi connectivity index (χ3n) is 3.37. The van der Waals surface area contributed by atoms with Crippen molar-refractivity contribution in [3.8, 4) is 11.5 Å². The lowest BCUT2D eigenvalue weighted by molar-refractivity contribution is 0.334. The van der Waals surface area contributed by atoms with Gasteiger partial charge >= 0.3 is 0 Å². The summed E-state index contributed by atoms with van der Waals surface area (Å²) in [5.74, 6) is 1.56. The highest BCUT2D eigenvalue weighted by Gasteiger charge is 2.12. The van der Waals surface area contributed by atoms with Crippen LogP contribution >= 0.6 is 0 Å². The summed E-state index contributed by atoms with van der Waals surface area (Å²) in [5, 5.41) is 0. The molecule has 0 amide bonds. The molecule has 1 aromatic rings. The molecule has 6 heteroatoms. The summed E-state index contributed by atoms with van der Waals surface area (Å²) < 4.78 is 33.8.